The lowest BCUT2D eigenvalue weighted by Crippen LogP contribution is -2.04. The molecule has 0 atom stereocenters. The number of imidazole rings is 1. The smallest absolute Gasteiger partial charge is 0.315 e. The average Bonchev–Trinajstić information content (AvgIpc) is 3.03. The minimum absolute atomic E-state index is 0.110. The van der Waals surface area contributed by atoms with Crippen molar-refractivity contribution in [2.24, 2.45) is 0 Å². The lowest BCUT2D eigenvalue weighted by atomic mass is 10.1. The van der Waals surface area contributed by atoms with Gasteiger partial charge in [-0.1, -0.05) is 13.3 Å². The molecule has 0 aliphatic carbocycles. The second-order valence-electron chi connectivity index (χ2n) is 5.02. The van der Waals surface area contributed by atoms with E-state index in [1.165, 1.54) is 13.2 Å². The summed E-state index contributed by atoms with van der Waals surface area (Å²) in [6.07, 6.45) is 5.27. The van der Waals surface area contributed by atoms with Crippen LogP contribution < -0.4 is 9.47 Å². The molecule has 1 aromatic carbocycles. The van der Waals surface area contributed by atoms with E-state index in [1.807, 2.05) is 24.6 Å². The van der Waals surface area contributed by atoms with Crippen LogP contribution in [0.3, 0.4) is 0 Å². The van der Waals surface area contributed by atoms with Gasteiger partial charge in [0.1, 0.15) is 5.82 Å². The second kappa shape index (κ2) is 7.62. The molecule has 0 saturated carbocycles. The van der Waals surface area contributed by atoms with Crippen molar-refractivity contribution in [3.05, 3.63) is 34.6 Å². The van der Waals surface area contributed by atoms with Crippen molar-refractivity contribution >= 4 is 5.69 Å². The molecule has 1 aromatic heterocycles. The summed E-state index contributed by atoms with van der Waals surface area (Å²) in [4.78, 5) is 15.3. The molecule has 2 aromatic rings. The van der Waals surface area contributed by atoms with E-state index in [4.69, 9.17) is 9.47 Å². The fourth-order valence-electron chi connectivity index (χ4n) is 2.29. The van der Waals surface area contributed by atoms with Gasteiger partial charge >= 0.3 is 5.69 Å². The highest BCUT2D eigenvalue weighted by Gasteiger charge is 2.24. The summed E-state index contributed by atoms with van der Waals surface area (Å²) in [5.74, 6) is 1.18. The highest BCUT2D eigenvalue weighted by Crippen LogP contribution is 2.41. The van der Waals surface area contributed by atoms with Crippen LogP contribution >= 0.6 is 0 Å². The highest BCUT2D eigenvalue weighted by molar-refractivity contribution is 5.69. The van der Waals surface area contributed by atoms with E-state index in [-0.39, 0.29) is 11.4 Å². The van der Waals surface area contributed by atoms with Gasteiger partial charge in [-0.2, -0.15) is 0 Å². The number of rotatable bonds is 8. The second-order valence-corrected chi connectivity index (χ2v) is 5.02. The van der Waals surface area contributed by atoms with Crippen LogP contribution in [0.2, 0.25) is 0 Å². The quantitative estimate of drug-likeness (QED) is 0.421. The van der Waals surface area contributed by atoms with Gasteiger partial charge in [0, 0.05) is 30.6 Å². The third-order valence-electron chi connectivity index (χ3n) is 3.51. The van der Waals surface area contributed by atoms with Crippen LogP contribution in [0.15, 0.2) is 24.5 Å². The fourth-order valence-corrected chi connectivity index (χ4v) is 2.29. The van der Waals surface area contributed by atoms with Crippen LogP contribution in [0.1, 0.15) is 26.7 Å². The van der Waals surface area contributed by atoms with Gasteiger partial charge < -0.3 is 14.0 Å². The number of methoxy groups -OCH3 is 1. The van der Waals surface area contributed by atoms with E-state index in [0.29, 0.717) is 23.7 Å². The standard InChI is InChI=1S/C16H21N3O4/c1-4-6-9-23-15-13(19(20)21)10-12(11-14(15)22-3)16-17-7-8-18(16)5-2/h7-8,10-11H,4-6,9H2,1-3H3. The summed E-state index contributed by atoms with van der Waals surface area (Å²) in [5, 5.41) is 11.4. The van der Waals surface area contributed by atoms with Crippen molar-refractivity contribution in [3.63, 3.8) is 0 Å². The van der Waals surface area contributed by atoms with Crippen LogP contribution in [0.5, 0.6) is 11.5 Å². The number of nitrogens with zero attached hydrogens (tertiary/aromatic N) is 3. The Morgan fingerprint density at radius 2 is 2.13 bits per heavy atom. The van der Waals surface area contributed by atoms with E-state index in [2.05, 4.69) is 4.98 Å². The number of unbranched alkanes of at least 4 members (excludes halogenated alkanes) is 1. The molecule has 7 nitrogen and oxygen atoms in total. The maximum absolute atomic E-state index is 11.4. The number of hydrogen-bond donors (Lipinski definition) is 0. The SMILES string of the molecule is CCCCOc1c(OC)cc(-c2nccn2CC)cc1[N+](=O)[O-]. The lowest BCUT2D eigenvalue weighted by molar-refractivity contribution is -0.385. The lowest BCUT2D eigenvalue weighted by Gasteiger charge is -2.13. The number of nitro benzene ring substituents is 1. The highest BCUT2D eigenvalue weighted by atomic mass is 16.6. The topological polar surface area (TPSA) is 79.4 Å². The number of benzene rings is 1. The van der Waals surface area contributed by atoms with Crippen molar-refractivity contribution in [3.8, 4) is 22.9 Å². The molecule has 23 heavy (non-hydrogen) atoms. The van der Waals surface area contributed by atoms with Gasteiger partial charge in [-0.05, 0) is 19.4 Å². The Bertz CT molecular complexity index is 682. The Kier molecular flexibility index (Phi) is 5.56. The van der Waals surface area contributed by atoms with Crippen LogP contribution in [-0.4, -0.2) is 28.2 Å². The third kappa shape index (κ3) is 3.61. The molecule has 0 aliphatic rings. The molecule has 0 spiro atoms. The summed E-state index contributed by atoms with van der Waals surface area (Å²) in [6, 6.07) is 3.21. The average molecular weight is 319 g/mol. The predicted octanol–water partition coefficient (Wildman–Crippen LogP) is 3.67. The molecule has 1 heterocycles. The number of aromatic nitrogens is 2. The summed E-state index contributed by atoms with van der Waals surface area (Å²) < 4.78 is 12.8. The predicted molar refractivity (Wildman–Crippen MR) is 86.9 cm³/mol. The van der Waals surface area contributed by atoms with Crippen LogP contribution in [0.25, 0.3) is 11.4 Å². The van der Waals surface area contributed by atoms with E-state index in [0.717, 1.165) is 19.4 Å². The molecule has 7 heteroatoms. The number of aryl methyl sites for hydroxylation is 1. The van der Waals surface area contributed by atoms with Gasteiger partial charge in [0.2, 0.25) is 5.75 Å². The van der Waals surface area contributed by atoms with E-state index < -0.39 is 4.92 Å². The summed E-state index contributed by atoms with van der Waals surface area (Å²) in [6.45, 7) is 5.15. The third-order valence-corrected chi connectivity index (χ3v) is 3.51. The van der Waals surface area contributed by atoms with E-state index in [1.54, 1.807) is 12.3 Å². The first-order chi connectivity index (χ1) is 11.1. The molecule has 0 amide bonds. The molecule has 2 rings (SSSR count). The van der Waals surface area contributed by atoms with Gasteiger partial charge in [0.25, 0.3) is 0 Å². The summed E-state index contributed by atoms with van der Waals surface area (Å²) >= 11 is 0. The molecule has 0 radical (unpaired) electrons. The van der Waals surface area contributed by atoms with Crippen molar-refractivity contribution in [2.75, 3.05) is 13.7 Å². The van der Waals surface area contributed by atoms with Gasteiger partial charge in [0.05, 0.1) is 18.6 Å². The zero-order valence-electron chi connectivity index (χ0n) is 13.6. The molecule has 0 N–H and O–H groups in total. The minimum atomic E-state index is -0.452. The Balaban J connectivity index is 2.51. The first-order valence-electron chi connectivity index (χ1n) is 7.63. The van der Waals surface area contributed by atoms with Crippen molar-refractivity contribution in [2.45, 2.75) is 33.2 Å². The molecule has 0 unspecified atom stereocenters. The van der Waals surface area contributed by atoms with Crippen LogP contribution in [0.4, 0.5) is 5.69 Å². The molecule has 0 aliphatic heterocycles. The van der Waals surface area contributed by atoms with Gasteiger partial charge in [-0.15, -0.1) is 0 Å². The number of ether oxygens (including phenoxy) is 2. The maximum atomic E-state index is 11.4. The van der Waals surface area contributed by atoms with Gasteiger partial charge in [-0.3, -0.25) is 10.1 Å². The minimum Gasteiger partial charge on any atom is -0.493 e. The van der Waals surface area contributed by atoms with Crippen LogP contribution in [0, 0.1) is 10.1 Å². The molecule has 0 bridgehead atoms. The zero-order valence-corrected chi connectivity index (χ0v) is 13.6. The Hall–Kier alpha value is -2.57. The van der Waals surface area contributed by atoms with Crippen LogP contribution in [-0.2, 0) is 6.54 Å². The summed E-state index contributed by atoms with van der Waals surface area (Å²) in [7, 11) is 1.47. The monoisotopic (exact) mass is 319 g/mol. The Morgan fingerprint density at radius 3 is 2.74 bits per heavy atom. The molecular weight excluding hydrogens is 298 g/mol. The van der Waals surface area contributed by atoms with Gasteiger partial charge in [-0.25, -0.2) is 4.98 Å². The van der Waals surface area contributed by atoms with Crippen molar-refractivity contribution in [1.82, 2.24) is 9.55 Å². The fraction of sp³-hybridized carbons (Fsp3) is 0.438. The first-order valence-corrected chi connectivity index (χ1v) is 7.63. The Morgan fingerprint density at radius 1 is 1.35 bits per heavy atom. The maximum Gasteiger partial charge on any atom is 0.315 e. The molecule has 0 fully saturated rings. The molecule has 0 saturated heterocycles. The first kappa shape index (κ1) is 16.8. The largest absolute Gasteiger partial charge is 0.493 e. The summed E-state index contributed by atoms with van der Waals surface area (Å²) in [5.41, 5.74) is 0.518. The molecule has 124 valence electrons. The van der Waals surface area contributed by atoms with Crippen molar-refractivity contribution < 1.29 is 14.4 Å². The molecular formula is C16H21N3O4. The van der Waals surface area contributed by atoms with E-state index in [9.17, 15) is 10.1 Å². The van der Waals surface area contributed by atoms with Crippen molar-refractivity contribution in [1.29, 1.82) is 0 Å². The van der Waals surface area contributed by atoms with E-state index >= 15 is 0 Å². The zero-order chi connectivity index (χ0) is 16.8. The normalized spacial score (nSPS) is 10.6. The van der Waals surface area contributed by atoms with Gasteiger partial charge in [0.15, 0.2) is 5.75 Å². The Labute approximate surface area is 135 Å². The number of hydrogen-bond acceptors (Lipinski definition) is 5. The number of nitro groups is 1.